The van der Waals surface area contributed by atoms with E-state index in [1.807, 2.05) is 19.1 Å². The molecule has 3 rings (SSSR count). The average Bonchev–Trinajstić information content (AvgIpc) is 2.92. The van der Waals surface area contributed by atoms with Gasteiger partial charge in [0, 0.05) is 11.6 Å². The summed E-state index contributed by atoms with van der Waals surface area (Å²) in [7, 11) is -3.92. The summed E-state index contributed by atoms with van der Waals surface area (Å²) in [5, 5.41) is 3.11. The summed E-state index contributed by atoms with van der Waals surface area (Å²) < 4.78 is 28.3. The van der Waals surface area contributed by atoms with Crippen molar-refractivity contribution in [3.63, 3.8) is 0 Å². The predicted molar refractivity (Wildman–Crippen MR) is 112 cm³/mol. The van der Waals surface area contributed by atoms with Crippen molar-refractivity contribution < 1.29 is 13.2 Å². The number of anilines is 1. The third-order valence-electron chi connectivity index (χ3n) is 5.06. The fourth-order valence-corrected chi connectivity index (χ4v) is 5.09. The number of hydrogen-bond acceptors (Lipinski definition) is 3. The molecule has 0 aromatic heterocycles. The van der Waals surface area contributed by atoms with Gasteiger partial charge in [-0.25, -0.2) is 8.42 Å². The van der Waals surface area contributed by atoms with Crippen LogP contribution in [0.2, 0.25) is 5.02 Å². The van der Waals surface area contributed by atoms with Crippen LogP contribution in [0.3, 0.4) is 0 Å². The molecule has 0 saturated heterocycles. The third kappa shape index (κ3) is 5.06. The number of amides is 1. The Kier molecular flexibility index (Phi) is 6.62. The largest absolute Gasteiger partial charge is 0.349 e. The highest BCUT2D eigenvalue weighted by Gasteiger charge is 2.22. The zero-order valence-corrected chi connectivity index (χ0v) is 17.4. The van der Waals surface area contributed by atoms with E-state index < -0.39 is 10.0 Å². The smallest absolute Gasteiger partial charge is 0.263 e. The fraction of sp³-hybridized carbons (Fsp3) is 0.381. The van der Waals surface area contributed by atoms with Crippen LogP contribution in [0.15, 0.2) is 47.4 Å². The second kappa shape index (κ2) is 8.97. The lowest BCUT2D eigenvalue weighted by atomic mass is 10.1. The number of aryl methyl sites for hydroxylation is 1. The summed E-state index contributed by atoms with van der Waals surface area (Å²) in [6.45, 7) is 1.82. The molecule has 1 aliphatic carbocycles. The number of benzene rings is 2. The Morgan fingerprint density at radius 3 is 2.39 bits per heavy atom. The van der Waals surface area contributed by atoms with Crippen molar-refractivity contribution in [2.45, 2.75) is 56.4 Å². The van der Waals surface area contributed by atoms with Crippen LogP contribution < -0.4 is 10.0 Å². The van der Waals surface area contributed by atoms with Crippen molar-refractivity contribution in [1.29, 1.82) is 0 Å². The molecule has 0 unspecified atom stereocenters. The maximum atomic E-state index is 12.9. The van der Waals surface area contributed by atoms with Crippen molar-refractivity contribution in [2.75, 3.05) is 4.72 Å². The number of nitrogens with one attached hydrogen (secondary N) is 2. The lowest BCUT2D eigenvalue weighted by Gasteiger charge is -2.17. The second-order valence-corrected chi connectivity index (χ2v) is 9.29. The number of para-hydroxylation sites is 1. The lowest BCUT2D eigenvalue weighted by Crippen LogP contribution is -2.34. The highest BCUT2D eigenvalue weighted by Crippen LogP contribution is 2.26. The standard InChI is InChI=1S/C21H25ClN2O3S/c1-15-8-6-7-11-19(15)24-28(26,27)20-14-16(12-13-18(20)22)21(25)23-17-9-4-2-3-5-10-17/h6-8,11-14,17,24H,2-5,9-10H2,1H3,(H,23,25). The van der Waals surface area contributed by atoms with Crippen LogP contribution in [0, 0.1) is 6.92 Å². The van der Waals surface area contributed by atoms with Gasteiger partial charge in [-0.05, 0) is 49.6 Å². The fourth-order valence-electron chi connectivity index (χ4n) is 3.43. The Bertz CT molecular complexity index is 952. The Morgan fingerprint density at radius 1 is 1.04 bits per heavy atom. The topological polar surface area (TPSA) is 75.3 Å². The van der Waals surface area contributed by atoms with Crippen LogP contribution in [-0.4, -0.2) is 20.4 Å². The summed E-state index contributed by atoms with van der Waals surface area (Å²) in [6.07, 6.45) is 6.51. The number of rotatable bonds is 5. The Morgan fingerprint density at radius 2 is 1.71 bits per heavy atom. The van der Waals surface area contributed by atoms with Gasteiger partial charge in [-0.15, -0.1) is 0 Å². The molecule has 7 heteroatoms. The van der Waals surface area contributed by atoms with Crippen molar-refractivity contribution >= 4 is 33.2 Å². The number of carbonyl (C=O) groups excluding carboxylic acids is 1. The van der Waals surface area contributed by atoms with Crippen molar-refractivity contribution in [3.05, 3.63) is 58.6 Å². The molecule has 0 heterocycles. The van der Waals surface area contributed by atoms with Crippen LogP contribution >= 0.6 is 11.6 Å². The molecule has 28 heavy (non-hydrogen) atoms. The van der Waals surface area contributed by atoms with Crippen LogP contribution in [-0.2, 0) is 10.0 Å². The third-order valence-corrected chi connectivity index (χ3v) is 6.91. The first-order valence-electron chi connectivity index (χ1n) is 9.56. The van der Waals surface area contributed by atoms with E-state index in [9.17, 15) is 13.2 Å². The molecule has 2 aromatic rings. The van der Waals surface area contributed by atoms with E-state index in [1.165, 1.54) is 25.0 Å². The van der Waals surface area contributed by atoms with E-state index in [1.54, 1.807) is 18.2 Å². The molecule has 0 spiro atoms. The van der Waals surface area contributed by atoms with Gasteiger partial charge in [0.15, 0.2) is 0 Å². The lowest BCUT2D eigenvalue weighted by molar-refractivity contribution is 0.0933. The van der Waals surface area contributed by atoms with Gasteiger partial charge in [0.25, 0.3) is 15.9 Å². The van der Waals surface area contributed by atoms with Gasteiger partial charge in [0.05, 0.1) is 10.7 Å². The van der Waals surface area contributed by atoms with Gasteiger partial charge >= 0.3 is 0 Å². The van der Waals surface area contributed by atoms with E-state index >= 15 is 0 Å². The van der Waals surface area contributed by atoms with E-state index in [0.29, 0.717) is 11.3 Å². The molecule has 0 atom stereocenters. The molecule has 0 radical (unpaired) electrons. The van der Waals surface area contributed by atoms with Crippen LogP contribution in [0.25, 0.3) is 0 Å². The minimum absolute atomic E-state index is 0.0760. The summed E-state index contributed by atoms with van der Waals surface area (Å²) >= 11 is 6.15. The average molecular weight is 421 g/mol. The number of carbonyl (C=O) groups is 1. The van der Waals surface area contributed by atoms with Gasteiger partial charge in [0.2, 0.25) is 0 Å². The van der Waals surface area contributed by atoms with Crippen LogP contribution in [0.1, 0.15) is 54.4 Å². The molecule has 5 nitrogen and oxygen atoms in total. The number of sulfonamides is 1. The quantitative estimate of drug-likeness (QED) is 0.675. The van der Waals surface area contributed by atoms with E-state index in [2.05, 4.69) is 10.0 Å². The maximum absolute atomic E-state index is 12.9. The van der Waals surface area contributed by atoms with Crippen molar-refractivity contribution in [1.82, 2.24) is 5.32 Å². The van der Waals surface area contributed by atoms with E-state index in [0.717, 1.165) is 31.2 Å². The first-order chi connectivity index (χ1) is 13.4. The molecule has 2 N–H and O–H groups in total. The van der Waals surface area contributed by atoms with Gasteiger partial charge < -0.3 is 5.32 Å². The summed E-state index contributed by atoms with van der Waals surface area (Å²) in [4.78, 5) is 12.6. The molecule has 0 bridgehead atoms. The summed E-state index contributed by atoms with van der Waals surface area (Å²) in [6, 6.07) is 11.6. The van der Waals surface area contributed by atoms with E-state index in [4.69, 9.17) is 11.6 Å². The van der Waals surface area contributed by atoms with Crippen molar-refractivity contribution in [3.8, 4) is 0 Å². The molecule has 1 amide bonds. The van der Waals surface area contributed by atoms with Crippen LogP contribution in [0.4, 0.5) is 5.69 Å². The first kappa shape index (κ1) is 20.7. The Hall–Kier alpha value is -2.05. The molecular formula is C21H25ClN2O3S. The normalized spacial score (nSPS) is 15.6. The molecule has 150 valence electrons. The second-order valence-electron chi connectivity index (χ2n) is 7.23. The highest BCUT2D eigenvalue weighted by atomic mass is 35.5. The Balaban J connectivity index is 1.82. The van der Waals surface area contributed by atoms with Crippen molar-refractivity contribution in [2.24, 2.45) is 0 Å². The molecule has 2 aromatic carbocycles. The van der Waals surface area contributed by atoms with Gasteiger partial charge in [-0.3, -0.25) is 9.52 Å². The first-order valence-corrected chi connectivity index (χ1v) is 11.4. The zero-order chi connectivity index (χ0) is 20.1. The van der Waals surface area contributed by atoms with E-state index in [-0.39, 0.29) is 21.9 Å². The molecule has 0 aliphatic heterocycles. The minimum atomic E-state index is -3.92. The number of halogens is 1. The Labute approximate surface area is 171 Å². The van der Waals surface area contributed by atoms with Gasteiger partial charge in [0.1, 0.15) is 4.90 Å². The minimum Gasteiger partial charge on any atom is -0.349 e. The molecular weight excluding hydrogens is 396 g/mol. The van der Waals surface area contributed by atoms with Gasteiger partial charge in [-0.1, -0.05) is 55.5 Å². The summed E-state index contributed by atoms with van der Waals surface area (Å²) in [5.41, 5.74) is 1.56. The monoisotopic (exact) mass is 420 g/mol. The highest BCUT2D eigenvalue weighted by molar-refractivity contribution is 7.92. The SMILES string of the molecule is Cc1ccccc1NS(=O)(=O)c1cc(C(=O)NC2CCCCCC2)ccc1Cl. The molecule has 1 fully saturated rings. The summed E-state index contributed by atoms with van der Waals surface area (Å²) in [5.74, 6) is -0.268. The maximum Gasteiger partial charge on any atom is 0.263 e. The zero-order valence-electron chi connectivity index (χ0n) is 15.9. The predicted octanol–water partition coefficient (Wildman–Crippen LogP) is 4.90. The van der Waals surface area contributed by atoms with Gasteiger partial charge in [-0.2, -0.15) is 0 Å². The molecule has 1 saturated carbocycles. The van der Waals surface area contributed by atoms with Crippen LogP contribution in [0.5, 0.6) is 0 Å². The number of hydrogen-bond donors (Lipinski definition) is 2. The molecule has 1 aliphatic rings.